The monoisotopic (exact) mass is 868 g/mol. The normalized spacial score (nSPS) is 14.0. The zero-order valence-corrected chi connectivity index (χ0v) is 40.8. The predicted molar refractivity (Wildman–Crippen MR) is 280 cm³/mol. The van der Waals surface area contributed by atoms with E-state index in [-0.39, 0.29) is 12.5 Å². The maximum atomic E-state index is 12.4. The molecule has 0 saturated heterocycles. The number of hydrogen-bond acceptors (Lipinski definition) is 3. The first-order valence-corrected chi connectivity index (χ1v) is 25.9. The molecular weight excluding hydrogens is 771 g/mol. The quantitative estimate of drug-likeness (QED) is 0.0422. The molecule has 0 aromatic rings. The lowest BCUT2D eigenvalue weighted by atomic mass is 10.0. The molecule has 4 nitrogen and oxygen atoms in total. The summed E-state index contributed by atoms with van der Waals surface area (Å²) in [6.45, 7) is 4.04. The van der Waals surface area contributed by atoms with Crippen LogP contribution in [0.15, 0.2) is 134 Å². The third kappa shape index (κ3) is 49.4. The van der Waals surface area contributed by atoms with Gasteiger partial charge in [0.2, 0.25) is 5.91 Å². The summed E-state index contributed by atoms with van der Waals surface area (Å²) in [4.78, 5) is 12.4. The molecule has 0 aromatic heterocycles. The molecule has 0 aliphatic rings. The molecule has 3 N–H and O–H groups in total. The summed E-state index contributed by atoms with van der Waals surface area (Å²) in [6.07, 6.45) is 83.3. The average Bonchev–Trinajstić information content (AvgIpc) is 3.29. The number of carbonyl (C=O) groups is 1. The third-order valence-corrected chi connectivity index (χ3v) is 10.9. The highest BCUT2D eigenvalue weighted by Crippen LogP contribution is 2.15. The molecule has 0 aliphatic carbocycles. The lowest BCUT2D eigenvalue weighted by molar-refractivity contribution is -0.123. The van der Waals surface area contributed by atoms with E-state index in [1.54, 1.807) is 6.08 Å². The van der Waals surface area contributed by atoms with Crippen molar-refractivity contribution < 1.29 is 15.0 Å². The Morgan fingerprint density at radius 2 is 0.667 bits per heavy atom. The van der Waals surface area contributed by atoms with Gasteiger partial charge < -0.3 is 15.5 Å². The highest BCUT2D eigenvalue weighted by molar-refractivity contribution is 5.76. The molecule has 63 heavy (non-hydrogen) atoms. The number of hydrogen-bond donors (Lipinski definition) is 3. The first-order valence-electron chi connectivity index (χ1n) is 25.9. The number of aliphatic hydroxyl groups is 2. The van der Waals surface area contributed by atoms with Crippen molar-refractivity contribution in [1.29, 1.82) is 0 Å². The van der Waals surface area contributed by atoms with Crippen molar-refractivity contribution in [2.75, 3.05) is 6.61 Å². The fourth-order valence-electron chi connectivity index (χ4n) is 7.00. The van der Waals surface area contributed by atoms with E-state index in [0.717, 1.165) is 96.3 Å². The molecule has 0 aromatic carbocycles. The Hall–Kier alpha value is -3.47. The van der Waals surface area contributed by atoms with Gasteiger partial charge in [-0.1, -0.05) is 237 Å². The van der Waals surface area contributed by atoms with E-state index in [4.69, 9.17) is 0 Å². The fourth-order valence-corrected chi connectivity index (χ4v) is 7.00. The van der Waals surface area contributed by atoms with E-state index in [1.165, 1.54) is 96.3 Å². The largest absolute Gasteiger partial charge is 0.394 e. The van der Waals surface area contributed by atoms with Crippen LogP contribution in [0.25, 0.3) is 0 Å². The summed E-state index contributed by atoms with van der Waals surface area (Å²) in [5, 5.41) is 22.9. The van der Waals surface area contributed by atoms with Crippen LogP contribution in [0.5, 0.6) is 0 Å². The van der Waals surface area contributed by atoms with Crippen LogP contribution < -0.4 is 5.32 Å². The first-order chi connectivity index (χ1) is 31.2. The molecule has 0 heterocycles. The topological polar surface area (TPSA) is 69.6 Å². The molecule has 0 fully saturated rings. The minimum Gasteiger partial charge on any atom is -0.394 e. The fraction of sp³-hybridized carbons (Fsp3) is 0.610. The lowest BCUT2D eigenvalue weighted by Gasteiger charge is -2.19. The zero-order valence-electron chi connectivity index (χ0n) is 40.8. The molecule has 0 saturated carbocycles. The Labute approximate surface area is 390 Å². The van der Waals surface area contributed by atoms with Crippen LogP contribution in [-0.2, 0) is 4.79 Å². The van der Waals surface area contributed by atoms with Crippen LogP contribution in [0.2, 0.25) is 0 Å². The van der Waals surface area contributed by atoms with Crippen molar-refractivity contribution in [2.45, 2.75) is 225 Å². The van der Waals surface area contributed by atoms with Gasteiger partial charge in [-0.15, -0.1) is 0 Å². The molecule has 2 atom stereocenters. The van der Waals surface area contributed by atoms with Gasteiger partial charge in [0, 0.05) is 6.42 Å². The van der Waals surface area contributed by atoms with Gasteiger partial charge in [-0.3, -0.25) is 4.79 Å². The smallest absolute Gasteiger partial charge is 0.220 e. The number of allylic oxidation sites excluding steroid dienone is 21. The van der Waals surface area contributed by atoms with Crippen molar-refractivity contribution in [3.05, 3.63) is 134 Å². The predicted octanol–water partition coefficient (Wildman–Crippen LogP) is 17.1. The van der Waals surface area contributed by atoms with E-state index < -0.39 is 12.1 Å². The molecule has 0 bridgehead atoms. The van der Waals surface area contributed by atoms with Gasteiger partial charge in [-0.05, 0) is 103 Å². The van der Waals surface area contributed by atoms with Crippen LogP contribution in [0, 0.1) is 0 Å². The van der Waals surface area contributed by atoms with Gasteiger partial charge in [0.05, 0.1) is 18.8 Å². The van der Waals surface area contributed by atoms with Crippen LogP contribution in [0.3, 0.4) is 0 Å². The van der Waals surface area contributed by atoms with Crippen molar-refractivity contribution >= 4 is 5.91 Å². The summed E-state index contributed by atoms with van der Waals surface area (Å²) in [7, 11) is 0. The van der Waals surface area contributed by atoms with Crippen molar-refractivity contribution in [3.8, 4) is 0 Å². The zero-order chi connectivity index (χ0) is 45.6. The molecule has 356 valence electrons. The maximum Gasteiger partial charge on any atom is 0.220 e. The minimum absolute atomic E-state index is 0.0854. The van der Waals surface area contributed by atoms with Crippen LogP contribution in [0.4, 0.5) is 0 Å². The Morgan fingerprint density at radius 1 is 0.381 bits per heavy atom. The van der Waals surface area contributed by atoms with Crippen LogP contribution >= 0.6 is 0 Å². The third-order valence-electron chi connectivity index (χ3n) is 10.9. The van der Waals surface area contributed by atoms with E-state index in [0.29, 0.717) is 6.42 Å². The van der Waals surface area contributed by atoms with Gasteiger partial charge in [-0.2, -0.15) is 0 Å². The molecule has 4 heteroatoms. The Kier molecular flexibility index (Phi) is 50.0. The van der Waals surface area contributed by atoms with Crippen molar-refractivity contribution in [3.63, 3.8) is 0 Å². The number of unbranched alkanes of at least 4 members (excludes halogenated alkanes) is 18. The molecular formula is C59H97NO3. The van der Waals surface area contributed by atoms with Crippen molar-refractivity contribution in [1.82, 2.24) is 5.32 Å². The second-order valence-corrected chi connectivity index (χ2v) is 16.8. The second kappa shape index (κ2) is 52.9. The van der Waals surface area contributed by atoms with E-state index in [9.17, 15) is 15.0 Å². The molecule has 0 spiro atoms. The summed E-state index contributed by atoms with van der Waals surface area (Å²) in [5.41, 5.74) is 0. The van der Waals surface area contributed by atoms with E-state index >= 15 is 0 Å². The maximum absolute atomic E-state index is 12.4. The van der Waals surface area contributed by atoms with Crippen molar-refractivity contribution in [2.24, 2.45) is 0 Å². The molecule has 0 aliphatic heterocycles. The first kappa shape index (κ1) is 59.5. The molecule has 1 amide bonds. The van der Waals surface area contributed by atoms with Gasteiger partial charge in [0.25, 0.3) is 0 Å². The number of nitrogens with one attached hydrogen (secondary N) is 1. The van der Waals surface area contributed by atoms with Crippen LogP contribution in [-0.4, -0.2) is 34.9 Å². The highest BCUT2D eigenvalue weighted by atomic mass is 16.3. The van der Waals surface area contributed by atoms with Gasteiger partial charge in [0.1, 0.15) is 0 Å². The summed E-state index contributed by atoms with van der Waals surface area (Å²) in [6, 6.07) is -0.650. The molecule has 0 radical (unpaired) electrons. The second-order valence-electron chi connectivity index (χ2n) is 16.8. The SMILES string of the molecule is CC/C=C\C/C=C\C/C=C\C/C=C\C/C=C\C/C=C\C/C=C\C/C=C\CCCCCCCCCCCCCCCCCCC(=O)NC(CO)C(O)/C=C/CC/C=C/CC/C=C/CC. The molecule has 0 rings (SSSR count). The van der Waals surface area contributed by atoms with Gasteiger partial charge in [-0.25, -0.2) is 0 Å². The standard InChI is InChI=1S/C59H97NO3/c1-3-5-7-9-11-13-15-16-17-18-19-20-21-22-23-24-25-26-27-28-29-30-31-32-33-34-35-36-37-38-39-40-41-42-43-44-45-47-49-51-53-55-59(63)60-57(56-61)58(62)54-52-50-48-46-14-12-10-8-6-4-2/h5-8,11,13-14,16-17,19-20,22-23,25-26,28-29,31-32,46,52,54,57-58,61-62H,3-4,9-10,12,15,18,21,24,27,30,33-45,47-51,53,55-56H2,1-2H3,(H,60,63)/b7-5-,8-6+,13-11-,17-16-,20-19-,23-22-,26-25-,29-28-,32-31-,46-14+,54-52+. The summed E-state index contributed by atoms with van der Waals surface area (Å²) < 4.78 is 0. The number of amides is 1. The van der Waals surface area contributed by atoms with Crippen LogP contribution in [0.1, 0.15) is 213 Å². The van der Waals surface area contributed by atoms with Gasteiger partial charge >= 0.3 is 0 Å². The lowest BCUT2D eigenvalue weighted by Crippen LogP contribution is -2.45. The highest BCUT2D eigenvalue weighted by Gasteiger charge is 2.17. The Balaban J connectivity index is 3.53. The average molecular weight is 868 g/mol. The Bertz CT molecular complexity index is 1310. The number of carbonyl (C=O) groups excluding carboxylic acids is 1. The molecule has 2 unspecified atom stereocenters. The number of aliphatic hydroxyl groups excluding tert-OH is 2. The summed E-state index contributed by atoms with van der Waals surface area (Å²) in [5.74, 6) is -0.0854. The summed E-state index contributed by atoms with van der Waals surface area (Å²) >= 11 is 0. The van der Waals surface area contributed by atoms with E-state index in [2.05, 4.69) is 141 Å². The minimum atomic E-state index is -0.874. The Morgan fingerprint density at radius 3 is 1.05 bits per heavy atom. The van der Waals surface area contributed by atoms with Gasteiger partial charge in [0.15, 0.2) is 0 Å². The van der Waals surface area contributed by atoms with E-state index in [1.807, 2.05) is 6.08 Å². The number of rotatable bonds is 45.